The molecule has 120 valence electrons. The zero-order chi connectivity index (χ0) is 17.5. The van der Waals surface area contributed by atoms with Crippen LogP contribution in [-0.4, -0.2) is 21.2 Å². The fraction of sp³-hybridized carbons (Fsp3) is 0. The summed E-state index contributed by atoms with van der Waals surface area (Å²) in [7, 11) is 0. The highest BCUT2D eigenvalue weighted by Crippen LogP contribution is 2.31. The zero-order valence-corrected chi connectivity index (χ0v) is 12.5. The van der Waals surface area contributed by atoms with E-state index in [-0.39, 0.29) is 22.7 Å². The van der Waals surface area contributed by atoms with Crippen molar-refractivity contribution in [2.45, 2.75) is 0 Å². The minimum Gasteiger partial charge on any atom is -0.519 e. The molecule has 4 N–H and O–H groups in total. The maximum absolute atomic E-state index is 11.8. The van der Waals surface area contributed by atoms with Crippen molar-refractivity contribution in [2.24, 2.45) is 0 Å². The SMILES string of the molecule is [C-]#[N+]c1c(O)cccc1/C=C(/O)C(=O)N/C=C\c1ccc(O)cc1. The first-order valence-corrected chi connectivity index (χ1v) is 6.88. The molecule has 24 heavy (non-hydrogen) atoms. The number of nitrogens with one attached hydrogen (secondary N) is 1. The Bertz CT molecular complexity index is 846. The van der Waals surface area contributed by atoms with Gasteiger partial charge < -0.3 is 20.6 Å². The van der Waals surface area contributed by atoms with Crippen LogP contribution < -0.4 is 5.32 Å². The van der Waals surface area contributed by atoms with Gasteiger partial charge in [0.15, 0.2) is 5.76 Å². The first kappa shape index (κ1) is 16.6. The molecule has 0 aliphatic rings. The number of phenols is 2. The Morgan fingerprint density at radius 2 is 1.83 bits per heavy atom. The number of rotatable bonds is 4. The third-order valence-corrected chi connectivity index (χ3v) is 3.07. The van der Waals surface area contributed by atoms with Crippen LogP contribution in [0.3, 0.4) is 0 Å². The summed E-state index contributed by atoms with van der Waals surface area (Å²) < 4.78 is 0. The number of phenolic OH excluding ortho intramolecular Hbond substituents is 2. The molecule has 2 aromatic rings. The van der Waals surface area contributed by atoms with Crippen LogP contribution in [0, 0.1) is 6.57 Å². The van der Waals surface area contributed by atoms with E-state index in [9.17, 15) is 20.1 Å². The van der Waals surface area contributed by atoms with E-state index in [0.29, 0.717) is 0 Å². The third kappa shape index (κ3) is 4.15. The number of carbonyl (C=O) groups is 1. The van der Waals surface area contributed by atoms with E-state index in [2.05, 4.69) is 10.2 Å². The molecule has 0 saturated carbocycles. The first-order chi connectivity index (χ1) is 11.5. The van der Waals surface area contributed by atoms with E-state index < -0.39 is 11.7 Å². The normalized spacial score (nSPS) is 11.2. The van der Waals surface area contributed by atoms with Gasteiger partial charge in [0.1, 0.15) is 11.5 Å². The molecule has 0 fully saturated rings. The summed E-state index contributed by atoms with van der Waals surface area (Å²) in [5, 5.41) is 30.9. The average Bonchev–Trinajstić information content (AvgIpc) is 2.56. The number of hydrogen-bond donors (Lipinski definition) is 4. The molecule has 2 aromatic carbocycles. The number of carbonyl (C=O) groups excluding carboxylic acids is 1. The molecule has 0 aliphatic heterocycles. The summed E-state index contributed by atoms with van der Waals surface area (Å²) in [6.07, 6.45) is 4.04. The molecule has 0 aromatic heterocycles. The molecule has 0 saturated heterocycles. The van der Waals surface area contributed by atoms with Gasteiger partial charge in [-0.05, 0) is 41.5 Å². The smallest absolute Gasteiger partial charge is 0.289 e. The van der Waals surface area contributed by atoms with Gasteiger partial charge in [-0.3, -0.25) is 4.79 Å². The second-order valence-corrected chi connectivity index (χ2v) is 4.75. The van der Waals surface area contributed by atoms with E-state index in [1.807, 2.05) is 0 Å². The number of amides is 1. The van der Waals surface area contributed by atoms with Gasteiger partial charge in [-0.25, -0.2) is 4.85 Å². The van der Waals surface area contributed by atoms with Crippen LogP contribution in [0.1, 0.15) is 11.1 Å². The Labute approximate surface area is 138 Å². The van der Waals surface area contributed by atoms with E-state index in [0.717, 1.165) is 11.6 Å². The highest BCUT2D eigenvalue weighted by Gasteiger charge is 2.10. The predicted molar refractivity (Wildman–Crippen MR) is 90.3 cm³/mol. The second kappa shape index (κ2) is 7.51. The van der Waals surface area contributed by atoms with Gasteiger partial charge in [-0.1, -0.05) is 24.3 Å². The molecule has 0 radical (unpaired) electrons. The first-order valence-electron chi connectivity index (χ1n) is 6.88. The largest absolute Gasteiger partial charge is 0.519 e. The minimum absolute atomic E-state index is 0.0449. The Kier molecular flexibility index (Phi) is 5.21. The molecule has 0 unspecified atom stereocenters. The van der Waals surface area contributed by atoms with E-state index in [4.69, 9.17) is 6.57 Å². The Hall–Kier alpha value is -3.72. The van der Waals surface area contributed by atoms with Crippen molar-refractivity contribution >= 4 is 23.7 Å². The van der Waals surface area contributed by atoms with Crippen LogP contribution in [0.2, 0.25) is 0 Å². The average molecular weight is 322 g/mol. The topological polar surface area (TPSA) is 94.2 Å². The summed E-state index contributed by atoms with van der Waals surface area (Å²) in [5.41, 5.74) is 0.941. The number of aliphatic hydroxyl groups is 1. The summed E-state index contributed by atoms with van der Waals surface area (Å²) in [6.45, 7) is 7.02. The van der Waals surface area contributed by atoms with Crippen LogP contribution in [0.4, 0.5) is 5.69 Å². The predicted octanol–water partition coefficient (Wildman–Crippen LogP) is 3.33. The number of hydrogen-bond acceptors (Lipinski definition) is 4. The third-order valence-electron chi connectivity index (χ3n) is 3.07. The molecule has 6 nitrogen and oxygen atoms in total. The van der Waals surface area contributed by atoms with Crippen molar-refractivity contribution in [3.8, 4) is 11.5 Å². The second-order valence-electron chi connectivity index (χ2n) is 4.75. The summed E-state index contributed by atoms with van der Waals surface area (Å²) in [4.78, 5) is 15.0. The van der Waals surface area contributed by atoms with E-state index in [1.165, 1.54) is 36.5 Å². The van der Waals surface area contributed by atoms with Gasteiger partial charge in [0.2, 0.25) is 5.69 Å². The minimum atomic E-state index is -0.760. The summed E-state index contributed by atoms with van der Waals surface area (Å²) in [5.74, 6) is -1.44. The quantitative estimate of drug-likeness (QED) is 0.394. The molecule has 1 amide bonds. The maximum Gasteiger partial charge on any atom is 0.289 e. The zero-order valence-electron chi connectivity index (χ0n) is 12.5. The number of benzene rings is 2. The lowest BCUT2D eigenvalue weighted by molar-refractivity contribution is -0.118. The van der Waals surface area contributed by atoms with Crippen LogP contribution >= 0.6 is 0 Å². The van der Waals surface area contributed by atoms with Crippen molar-refractivity contribution in [3.63, 3.8) is 0 Å². The Morgan fingerprint density at radius 1 is 1.12 bits per heavy atom. The van der Waals surface area contributed by atoms with Gasteiger partial charge >= 0.3 is 0 Å². The van der Waals surface area contributed by atoms with Crippen LogP contribution in [-0.2, 0) is 4.79 Å². The number of nitrogens with zero attached hydrogens (tertiary/aromatic N) is 1. The Morgan fingerprint density at radius 3 is 2.50 bits per heavy atom. The van der Waals surface area contributed by atoms with E-state index >= 15 is 0 Å². The van der Waals surface area contributed by atoms with E-state index in [1.54, 1.807) is 18.2 Å². The lowest BCUT2D eigenvalue weighted by Gasteiger charge is -2.03. The monoisotopic (exact) mass is 322 g/mol. The van der Waals surface area contributed by atoms with Crippen LogP contribution in [0.25, 0.3) is 17.0 Å². The lowest BCUT2D eigenvalue weighted by Crippen LogP contribution is -2.18. The molecule has 0 spiro atoms. The van der Waals surface area contributed by atoms with Crippen molar-refractivity contribution in [3.05, 3.63) is 77.0 Å². The van der Waals surface area contributed by atoms with Crippen molar-refractivity contribution in [1.82, 2.24) is 5.32 Å². The van der Waals surface area contributed by atoms with Crippen molar-refractivity contribution in [1.29, 1.82) is 0 Å². The molecular weight excluding hydrogens is 308 g/mol. The maximum atomic E-state index is 11.8. The Balaban J connectivity index is 2.08. The van der Waals surface area contributed by atoms with Gasteiger partial charge in [0.05, 0.1) is 6.57 Å². The number of para-hydroxylation sites is 1. The molecule has 0 heterocycles. The lowest BCUT2D eigenvalue weighted by atomic mass is 10.1. The molecule has 6 heteroatoms. The highest BCUT2D eigenvalue weighted by molar-refractivity contribution is 5.97. The molecular formula is C18H14N2O4. The molecule has 2 rings (SSSR count). The van der Waals surface area contributed by atoms with Gasteiger partial charge in [0.25, 0.3) is 5.91 Å². The highest BCUT2D eigenvalue weighted by atomic mass is 16.3. The van der Waals surface area contributed by atoms with Gasteiger partial charge in [-0.15, -0.1) is 0 Å². The summed E-state index contributed by atoms with van der Waals surface area (Å²) in [6, 6.07) is 10.7. The standard InChI is InChI=1S/C18H14N2O4/c1-19-17-13(3-2-4-15(17)22)11-16(23)18(24)20-10-9-12-5-7-14(21)8-6-12/h2-11,21-23H,(H,20,24)/b10-9-,16-11+. The van der Waals surface area contributed by atoms with Gasteiger partial charge in [0, 0.05) is 6.20 Å². The number of aromatic hydroxyl groups is 2. The molecule has 0 aliphatic carbocycles. The van der Waals surface area contributed by atoms with Crippen molar-refractivity contribution in [2.75, 3.05) is 0 Å². The van der Waals surface area contributed by atoms with Crippen molar-refractivity contribution < 1.29 is 20.1 Å². The van der Waals surface area contributed by atoms with Gasteiger partial charge in [-0.2, -0.15) is 0 Å². The number of aliphatic hydroxyl groups excluding tert-OH is 1. The molecule has 0 bridgehead atoms. The fourth-order valence-electron chi connectivity index (χ4n) is 1.87. The van der Waals surface area contributed by atoms with Crippen LogP contribution in [0.5, 0.6) is 11.5 Å². The molecule has 0 atom stereocenters. The van der Waals surface area contributed by atoms with Crippen LogP contribution in [0.15, 0.2) is 54.4 Å². The fourth-order valence-corrected chi connectivity index (χ4v) is 1.87. The summed E-state index contributed by atoms with van der Waals surface area (Å²) >= 11 is 0.